The second kappa shape index (κ2) is 10.7. The highest BCUT2D eigenvalue weighted by Crippen LogP contribution is 2.40. The Kier molecular flexibility index (Phi) is 7.47. The van der Waals surface area contributed by atoms with E-state index in [-0.39, 0.29) is 28.1 Å². The molecule has 2 aliphatic carbocycles. The van der Waals surface area contributed by atoms with E-state index < -0.39 is 41.7 Å². The van der Waals surface area contributed by atoms with Gasteiger partial charge < -0.3 is 25.5 Å². The molecule has 2 unspecified atom stereocenters. The number of H-pyrrole nitrogens is 1. The van der Waals surface area contributed by atoms with Crippen LogP contribution in [0.15, 0.2) is 24.5 Å². The Labute approximate surface area is 228 Å². The van der Waals surface area contributed by atoms with Crippen LogP contribution in [0.25, 0.3) is 22.3 Å². The number of aliphatic hydroxyl groups excluding tert-OH is 1. The van der Waals surface area contributed by atoms with Gasteiger partial charge in [0.15, 0.2) is 0 Å². The molecule has 0 aliphatic heterocycles. The smallest absolute Gasteiger partial charge is 0.416 e. The van der Waals surface area contributed by atoms with Crippen LogP contribution in [0.3, 0.4) is 0 Å². The Bertz CT molecular complexity index is 1440. The number of hydrogen-bond acceptors (Lipinski definition) is 6. The first-order valence-corrected chi connectivity index (χ1v) is 13.4. The highest BCUT2D eigenvalue weighted by Gasteiger charge is 2.39. The van der Waals surface area contributed by atoms with Crippen molar-refractivity contribution in [2.45, 2.75) is 70.1 Å². The molecule has 3 aromatic rings. The summed E-state index contributed by atoms with van der Waals surface area (Å²) in [6.45, 7) is 3.27. The predicted molar refractivity (Wildman–Crippen MR) is 141 cm³/mol. The maximum Gasteiger partial charge on any atom is 0.416 e. The topological polar surface area (TPSA) is 129 Å². The van der Waals surface area contributed by atoms with E-state index in [0.717, 1.165) is 37.8 Å². The van der Waals surface area contributed by atoms with Gasteiger partial charge in [0.05, 0.1) is 34.8 Å². The number of benzene rings is 1. The highest BCUT2D eigenvalue weighted by molar-refractivity contribution is 6.09. The molecule has 0 saturated heterocycles. The molecule has 2 aromatic heterocycles. The number of carbonyl (C=O) groups is 2. The molecule has 0 spiro atoms. The number of ether oxygens (including phenoxy) is 1. The zero-order valence-corrected chi connectivity index (χ0v) is 22.3. The number of aryl methyl sites for hydroxylation is 1. The summed E-state index contributed by atoms with van der Waals surface area (Å²) in [5.41, 5.74) is 0.0640. The Morgan fingerprint density at radius 3 is 2.67 bits per heavy atom. The first-order chi connectivity index (χ1) is 19.0. The number of aromatic amines is 1. The van der Waals surface area contributed by atoms with Gasteiger partial charge in [0.2, 0.25) is 5.91 Å². The van der Waals surface area contributed by atoms with Gasteiger partial charge in [-0.3, -0.25) is 9.59 Å². The summed E-state index contributed by atoms with van der Waals surface area (Å²) in [7, 11) is 0. The molecular weight excluding hydrogens is 527 g/mol. The van der Waals surface area contributed by atoms with Gasteiger partial charge in [-0.25, -0.2) is 9.97 Å². The average Bonchev–Trinajstić information content (AvgIpc) is 3.67. The third-order valence-corrected chi connectivity index (χ3v) is 7.81. The van der Waals surface area contributed by atoms with E-state index in [0.29, 0.717) is 36.6 Å². The number of halogens is 3. The monoisotopic (exact) mass is 559 g/mol. The third kappa shape index (κ3) is 5.63. The summed E-state index contributed by atoms with van der Waals surface area (Å²) < 4.78 is 46.8. The number of fused-ring (bicyclic) bond motifs is 1. The van der Waals surface area contributed by atoms with Gasteiger partial charge in [-0.1, -0.05) is 12.8 Å². The standard InChI is InChI=1S/C28H32F3N5O4/c1-15-22(26(39)35-20-5-3-4-10-27(20,2)36-21(38)12-37)24-25(34-15)23(32-14-33-24)18-11-17(28(29,30)31)8-9-19(18)40-13-16-6-7-16/h8-9,11,14,16,20,34,37H,3-7,10,12-13H2,1-2H3,(H,35,39)(H,36,38). The van der Waals surface area contributed by atoms with E-state index in [4.69, 9.17) is 4.74 Å². The van der Waals surface area contributed by atoms with E-state index in [9.17, 15) is 27.9 Å². The van der Waals surface area contributed by atoms with Gasteiger partial charge in [0.1, 0.15) is 29.9 Å². The minimum absolute atomic E-state index is 0.155. The number of aromatic nitrogens is 3. The number of alkyl halides is 3. The van der Waals surface area contributed by atoms with Gasteiger partial charge in [0.25, 0.3) is 5.91 Å². The van der Waals surface area contributed by atoms with Gasteiger partial charge in [0, 0.05) is 11.3 Å². The molecular formula is C28H32F3N5O4. The lowest BCUT2D eigenvalue weighted by atomic mass is 9.78. The van der Waals surface area contributed by atoms with Crippen molar-refractivity contribution >= 4 is 22.8 Å². The number of carbonyl (C=O) groups excluding carboxylic acids is 2. The van der Waals surface area contributed by atoms with Crippen molar-refractivity contribution in [2.75, 3.05) is 13.2 Å². The molecule has 0 radical (unpaired) electrons. The van der Waals surface area contributed by atoms with Crippen molar-refractivity contribution in [2.24, 2.45) is 5.92 Å². The van der Waals surface area contributed by atoms with E-state index in [2.05, 4.69) is 25.6 Å². The lowest BCUT2D eigenvalue weighted by Crippen LogP contribution is -2.62. The van der Waals surface area contributed by atoms with Crippen LogP contribution in [-0.2, 0) is 11.0 Å². The first-order valence-electron chi connectivity index (χ1n) is 13.4. The van der Waals surface area contributed by atoms with Gasteiger partial charge in [-0.05, 0) is 63.6 Å². The molecule has 12 heteroatoms. The summed E-state index contributed by atoms with van der Waals surface area (Å²) >= 11 is 0. The minimum Gasteiger partial charge on any atom is -0.493 e. The number of nitrogens with zero attached hydrogens (tertiary/aromatic N) is 2. The Hall–Kier alpha value is -3.67. The molecule has 1 aromatic carbocycles. The number of nitrogens with one attached hydrogen (secondary N) is 3. The molecule has 2 fully saturated rings. The molecule has 40 heavy (non-hydrogen) atoms. The highest BCUT2D eigenvalue weighted by atomic mass is 19.4. The van der Waals surface area contributed by atoms with Crippen molar-refractivity contribution in [3.05, 3.63) is 41.3 Å². The fourth-order valence-electron chi connectivity index (χ4n) is 5.42. The molecule has 2 atom stereocenters. The third-order valence-electron chi connectivity index (χ3n) is 7.81. The van der Waals surface area contributed by atoms with Crippen molar-refractivity contribution in [3.63, 3.8) is 0 Å². The SMILES string of the molecule is Cc1[nH]c2c(-c3cc(C(F)(F)F)ccc3OCC3CC3)ncnc2c1C(=O)NC1CCCCC1(C)NC(=O)CO. The fraction of sp³-hybridized carbons (Fsp3) is 0.500. The quantitative estimate of drug-likeness (QED) is 0.326. The molecule has 5 rings (SSSR count). The largest absolute Gasteiger partial charge is 0.493 e. The Balaban J connectivity index is 1.51. The van der Waals surface area contributed by atoms with Crippen LogP contribution in [0.4, 0.5) is 13.2 Å². The molecule has 2 aliphatic rings. The van der Waals surface area contributed by atoms with Crippen LogP contribution in [0.2, 0.25) is 0 Å². The first kappa shape index (κ1) is 27.9. The summed E-state index contributed by atoms with van der Waals surface area (Å²) in [4.78, 5) is 37.3. The van der Waals surface area contributed by atoms with Crippen LogP contribution < -0.4 is 15.4 Å². The normalized spacial score (nSPS) is 21.3. The van der Waals surface area contributed by atoms with E-state index in [1.165, 1.54) is 12.4 Å². The number of aliphatic hydroxyl groups is 1. The minimum atomic E-state index is -4.56. The number of rotatable bonds is 8. The summed E-state index contributed by atoms with van der Waals surface area (Å²) in [6, 6.07) is 2.90. The maximum absolute atomic E-state index is 13.6. The Morgan fingerprint density at radius 2 is 1.98 bits per heavy atom. The summed E-state index contributed by atoms with van der Waals surface area (Å²) in [5, 5.41) is 15.1. The van der Waals surface area contributed by atoms with Crippen LogP contribution in [0.5, 0.6) is 5.75 Å². The van der Waals surface area contributed by atoms with Crippen molar-refractivity contribution in [1.29, 1.82) is 0 Å². The lowest BCUT2D eigenvalue weighted by molar-refractivity contribution is -0.137. The van der Waals surface area contributed by atoms with E-state index in [1.54, 1.807) is 6.92 Å². The van der Waals surface area contributed by atoms with E-state index >= 15 is 0 Å². The number of amides is 2. The zero-order chi connectivity index (χ0) is 28.7. The predicted octanol–water partition coefficient (Wildman–Crippen LogP) is 4.28. The van der Waals surface area contributed by atoms with Crippen molar-refractivity contribution in [1.82, 2.24) is 25.6 Å². The van der Waals surface area contributed by atoms with Crippen molar-refractivity contribution in [3.8, 4) is 17.0 Å². The van der Waals surface area contributed by atoms with Crippen LogP contribution in [-0.4, -0.2) is 56.7 Å². The molecule has 2 heterocycles. The molecule has 214 valence electrons. The molecule has 2 amide bonds. The van der Waals surface area contributed by atoms with Crippen LogP contribution in [0.1, 0.15) is 67.1 Å². The van der Waals surface area contributed by atoms with Crippen LogP contribution >= 0.6 is 0 Å². The zero-order valence-electron chi connectivity index (χ0n) is 22.3. The summed E-state index contributed by atoms with van der Waals surface area (Å²) in [6.07, 6.45) is 1.66. The fourth-order valence-corrected chi connectivity index (χ4v) is 5.42. The molecule has 2 saturated carbocycles. The van der Waals surface area contributed by atoms with E-state index in [1.807, 2.05) is 6.92 Å². The van der Waals surface area contributed by atoms with Crippen molar-refractivity contribution < 1.29 is 32.6 Å². The maximum atomic E-state index is 13.6. The summed E-state index contributed by atoms with van der Waals surface area (Å²) in [5.74, 6) is -0.295. The van der Waals surface area contributed by atoms with Gasteiger partial charge in [-0.2, -0.15) is 13.2 Å². The molecule has 0 bridgehead atoms. The van der Waals surface area contributed by atoms with Crippen LogP contribution in [0, 0.1) is 12.8 Å². The molecule has 9 nitrogen and oxygen atoms in total. The number of hydrogen-bond donors (Lipinski definition) is 4. The average molecular weight is 560 g/mol. The molecule has 4 N–H and O–H groups in total. The Morgan fingerprint density at radius 1 is 1.20 bits per heavy atom. The second-order valence-corrected chi connectivity index (χ2v) is 10.9. The van der Waals surface area contributed by atoms with Gasteiger partial charge >= 0.3 is 6.18 Å². The second-order valence-electron chi connectivity index (χ2n) is 10.9. The van der Waals surface area contributed by atoms with Gasteiger partial charge in [-0.15, -0.1) is 0 Å². The lowest BCUT2D eigenvalue weighted by Gasteiger charge is -2.42.